The van der Waals surface area contributed by atoms with E-state index in [0.717, 1.165) is 35.5 Å². The molecule has 0 aromatic heterocycles. The van der Waals surface area contributed by atoms with Gasteiger partial charge in [-0.1, -0.05) is 6.07 Å². The molecule has 1 fully saturated rings. The van der Waals surface area contributed by atoms with Crippen molar-refractivity contribution in [1.29, 1.82) is 0 Å². The molecule has 0 bridgehead atoms. The van der Waals surface area contributed by atoms with Crippen molar-refractivity contribution in [3.8, 4) is 0 Å². The average molecular weight is 236 g/mol. The van der Waals surface area contributed by atoms with Crippen molar-refractivity contribution in [3.63, 3.8) is 0 Å². The lowest BCUT2D eigenvalue weighted by atomic mass is 9.92. The normalized spacial score (nSPS) is 29.3. The molecule has 4 heteroatoms. The maximum absolute atomic E-state index is 13.2. The molecule has 2 atom stereocenters. The first kappa shape index (κ1) is 11.1. The molecule has 0 saturated carbocycles. The average Bonchev–Trinajstić information content (AvgIpc) is 2.74. The summed E-state index contributed by atoms with van der Waals surface area (Å²) in [7, 11) is 0. The quantitative estimate of drug-likeness (QED) is 0.751. The lowest BCUT2D eigenvalue weighted by molar-refractivity contribution is -0.00185. The number of hydrogen-bond donors (Lipinski definition) is 0. The minimum Gasteiger partial charge on any atom is -0.785 e. The van der Waals surface area contributed by atoms with Crippen LogP contribution in [0.5, 0.6) is 0 Å². The van der Waals surface area contributed by atoms with Gasteiger partial charge in [0.05, 0.1) is 12.7 Å². The summed E-state index contributed by atoms with van der Waals surface area (Å²) in [5, 5.41) is 12.8. The van der Waals surface area contributed by atoms with E-state index in [0.29, 0.717) is 13.2 Å². The molecule has 1 saturated heterocycles. The number of halogens is 1. The second-order valence-corrected chi connectivity index (χ2v) is 4.73. The van der Waals surface area contributed by atoms with E-state index < -0.39 is 0 Å². The second-order valence-electron chi connectivity index (χ2n) is 4.73. The molecule has 2 heterocycles. The van der Waals surface area contributed by atoms with Crippen LogP contribution in [-0.4, -0.2) is 24.3 Å². The molecule has 0 N–H and O–H groups in total. The number of hydroxylamine groups is 2. The van der Waals surface area contributed by atoms with Crippen LogP contribution in [0.2, 0.25) is 0 Å². The Hall–Kier alpha value is -0.970. The van der Waals surface area contributed by atoms with Crippen LogP contribution in [0.15, 0.2) is 18.2 Å². The fourth-order valence-corrected chi connectivity index (χ4v) is 2.84. The van der Waals surface area contributed by atoms with Gasteiger partial charge in [0.15, 0.2) is 0 Å². The fraction of sp³-hybridized carbons (Fsp3) is 0.538. The van der Waals surface area contributed by atoms with Crippen LogP contribution in [-0.2, 0) is 11.2 Å². The van der Waals surface area contributed by atoms with Crippen LogP contribution in [0.4, 0.5) is 4.39 Å². The van der Waals surface area contributed by atoms with Crippen LogP contribution >= 0.6 is 0 Å². The summed E-state index contributed by atoms with van der Waals surface area (Å²) in [6, 6.07) is 4.68. The molecule has 3 rings (SSSR count). The molecule has 0 radical (unpaired) electrons. The maximum Gasteiger partial charge on any atom is 0.123 e. The Morgan fingerprint density at radius 1 is 1.41 bits per heavy atom. The number of nitrogens with zero attached hydrogens (tertiary/aromatic N) is 1. The number of rotatable bonds is 1. The summed E-state index contributed by atoms with van der Waals surface area (Å²) in [6.45, 7) is 1.16. The minimum atomic E-state index is -0.213. The van der Waals surface area contributed by atoms with Crippen molar-refractivity contribution >= 4 is 0 Å². The highest BCUT2D eigenvalue weighted by Gasteiger charge is 2.32. The molecule has 1 aromatic carbocycles. The van der Waals surface area contributed by atoms with E-state index in [1.165, 1.54) is 6.07 Å². The standard InChI is InChI=1S/C13H15FNO2/c14-10-3-4-11-9(8-10)5-7-17-13(11)12-2-1-6-15(12)16/h3-4,8,12-13H,1-2,5-7H2/q-1/t12-,13?/m1/s1. The lowest BCUT2D eigenvalue weighted by Crippen LogP contribution is -2.34. The molecular formula is C13H15FNO2-. The van der Waals surface area contributed by atoms with Crippen molar-refractivity contribution in [2.45, 2.75) is 31.4 Å². The van der Waals surface area contributed by atoms with Gasteiger partial charge in [0.25, 0.3) is 0 Å². The molecule has 0 amide bonds. The second kappa shape index (κ2) is 4.37. The van der Waals surface area contributed by atoms with Gasteiger partial charge < -0.3 is 15.0 Å². The predicted octanol–water partition coefficient (Wildman–Crippen LogP) is 2.40. The van der Waals surface area contributed by atoms with Crippen molar-refractivity contribution in [3.05, 3.63) is 40.4 Å². The third-order valence-corrected chi connectivity index (χ3v) is 3.68. The molecular weight excluding hydrogens is 221 g/mol. The molecule has 3 nitrogen and oxygen atoms in total. The van der Waals surface area contributed by atoms with Gasteiger partial charge in [0, 0.05) is 6.04 Å². The summed E-state index contributed by atoms with van der Waals surface area (Å²) >= 11 is 0. The summed E-state index contributed by atoms with van der Waals surface area (Å²) in [6.07, 6.45) is 2.34. The van der Waals surface area contributed by atoms with Crippen LogP contribution in [0.1, 0.15) is 30.1 Å². The Bertz CT molecular complexity index is 424. The summed E-state index contributed by atoms with van der Waals surface area (Å²) < 4.78 is 18.9. The Balaban J connectivity index is 1.93. The van der Waals surface area contributed by atoms with E-state index in [-0.39, 0.29) is 18.0 Å². The number of ether oxygens (including phenoxy) is 1. The van der Waals surface area contributed by atoms with E-state index >= 15 is 0 Å². The zero-order chi connectivity index (χ0) is 11.8. The van der Waals surface area contributed by atoms with Gasteiger partial charge >= 0.3 is 0 Å². The first-order valence-electron chi connectivity index (χ1n) is 6.09. The number of benzene rings is 1. The molecule has 0 aliphatic carbocycles. The van der Waals surface area contributed by atoms with Gasteiger partial charge in [-0.15, -0.1) is 0 Å². The van der Waals surface area contributed by atoms with Crippen LogP contribution in [0.3, 0.4) is 0 Å². The number of hydrogen-bond acceptors (Lipinski definition) is 3. The highest BCUT2D eigenvalue weighted by molar-refractivity contribution is 5.33. The van der Waals surface area contributed by atoms with Gasteiger partial charge in [-0.05, 0) is 49.1 Å². The van der Waals surface area contributed by atoms with Gasteiger partial charge in [-0.2, -0.15) is 0 Å². The summed E-state index contributed by atoms with van der Waals surface area (Å²) in [5.74, 6) is -0.213. The van der Waals surface area contributed by atoms with E-state index in [1.54, 1.807) is 12.1 Å². The van der Waals surface area contributed by atoms with Crippen molar-refractivity contribution in [1.82, 2.24) is 5.06 Å². The zero-order valence-electron chi connectivity index (χ0n) is 9.56. The first-order chi connectivity index (χ1) is 8.25. The van der Waals surface area contributed by atoms with Gasteiger partial charge in [0.2, 0.25) is 0 Å². The smallest absolute Gasteiger partial charge is 0.123 e. The molecule has 1 aromatic rings. The van der Waals surface area contributed by atoms with Gasteiger partial charge in [-0.3, -0.25) is 0 Å². The molecule has 2 aliphatic heterocycles. The lowest BCUT2D eigenvalue weighted by Gasteiger charge is -2.38. The van der Waals surface area contributed by atoms with Crippen LogP contribution in [0.25, 0.3) is 0 Å². The predicted molar refractivity (Wildman–Crippen MR) is 61.9 cm³/mol. The monoisotopic (exact) mass is 236 g/mol. The SMILES string of the molecule is [O-]N1CCC[C@@H]1C1OCCc2cc(F)ccc21. The maximum atomic E-state index is 13.2. The third kappa shape index (κ3) is 1.97. The Labute approximate surface area is 99.8 Å². The van der Waals surface area contributed by atoms with Crippen LogP contribution in [0, 0.1) is 11.0 Å². The Morgan fingerprint density at radius 2 is 2.29 bits per heavy atom. The van der Waals surface area contributed by atoms with E-state index in [2.05, 4.69) is 0 Å². The van der Waals surface area contributed by atoms with Crippen molar-refractivity contribution in [2.75, 3.05) is 13.2 Å². The van der Waals surface area contributed by atoms with Crippen LogP contribution < -0.4 is 0 Å². The van der Waals surface area contributed by atoms with Gasteiger partial charge in [0.1, 0.15) is 5.82 Å². The molecule has 1 unspecified atom stereocenters. The van der Waals surface area contributed by atoms with E-state index in [1.807, 2.05) is 0 Å². The van der Waals surface area contributed by atoms with E-state index in [4.69, 9.17) is 4.74 Å². The number of fused-ring (bicyclic) bond motifs is 1. The Kier molecular flexibility index (Phi) is 2.86. The van der Waals surface area contributed by atoms with Crippen molar-refractivity contribution < 1.29 is 9.13 Å². The largest absolute Gasteiger partial charge is 0.785 e. The fourth-order valence-electron chi connectivity index (χ4n) is 2.84. The summed E-state index contributed by atoms with van der Waals surface area (Å²) in [4.78, 5) is 0. The third-order valence-electron chi connectivity index (χ3n) is 3.68. The molecule has 17 heavy (non-hydrogen) atoms. The Morgan fingerprint density at radius 3 is 3.06 bits per heavy atom. The minimum absolute atomic E-state index is 0.0977. The topological polar surface area (TPSA) is 35.5 Å². The van der Waals surface area contributed by atoms with Gasteiger partial charge in [-0.25, -0.2) is 4.39 Å². The summed E-state index contributed by atoms with van der Waals surface area (Å²) in [5.41, 5.74) is 1.98. The van der Waals surface area contributed by atoms with E-state index in [9.17, 15) is 9.60 Å². The molecule has 2 aliphatic rings. The zero-order valence-corrected chi connectivity index (χ0v) is 9.56. The van der Waals surface area contributed by atoms with Crippen molar-refractivity contribution in [2.24, 2.45) is 0 Å². The first-order valence-corrected chi connectivity index (χ1v) is 6.09. The highest BCUT2D eigenvalue weighted by atomic mass is 19.1. The highest BCUT2D eigenvalue weighted by Crippen LogP contribution is 2.36. The molecule has 92 valence electrons. The molecule has 0 spiro atoms.